The molecule has 4 heteroatoms. The van der Waals surface area contributed by atoms with E-state index in [9.17, 15) is 4.39 Å². The molecular formula is C13H9FN2O. The van der Waals surface area contributed by atoms with Gasteiger partial charge in [-0.3, -0.25) is 0 Å². The zero-order valence-corrected chi connectivity index (χ0v) is 8.85. The fourth-order valence-electron chi connectivity index (χ4n) is 1.77. The lowest BCUT2D eigenvalue weighted by atomic mass is 10.2. The maximum atomic E-state index is 13.5. The normalized spacial score (nSPS) is 10.9. The molecule has 0 saturated heterocycles. The van der Waals surface area contributed by atoms with Crippen molar-refractivity contribution in [1.82, 2.24) is 4.98 Å². The van der Waals surface area contributed by atoms with E-state index in [0.29, 0.717) is 11.6 Å². The second-order valence-corrected chi connectivity index (χ2v) is 3.74. The van der Waals surface area contributed by atoms with Crippen LogP contribution in [0, 0.1) is 5.82 Å². The van der Waals surface area contributed by atoms with Gasteiger partial charge in [0, 0.05) is 17.1 Å². The second kappa shape index (κ2) is 3.59. The number of pyridine rings is 1. The Kier molecular flexibility index (Phi) is 2.08. The molecule has 0 atom stereocenters. The monoisotopic (exact) mass is 228 g/mol. The van der Waals surface area contributed by atoms with Gasteiger partial charge in [0.15, 0.2) is 11.4 Å². The third-order valence-electron chi connectivity index (χ3n) is 2.56. The van der Waals surface area contributed by atoms with Gasteiger partial charge >= 0.3 is 0 Å². The number of furan rings is 1. The fraction of sp³-hybridized carbons (Fsp3) is 0. The Bertz CT molecular complexity index is 691. The number of benzene rings is 1. The molecule has 0 saturated carbocycles. The average molecular weight is 228 g/mol. The Hall–Kier alpha value is -2.36. The van der Waals surface area contributed by atoms with Crippen LogP contribution in [0.2, 0.25) is 0 Å². The van der Waals surface area contributed by atoms with Crippen LogP contribution < -0.4 is 5.73 Å². The van der Waals surface area contributed by atoms with E-state index in [1.165, 1.54) is 6.07 Å². The number of hydrogen-bond donors (Lipinski definition) is 1. The Labute approximate surface area is 96.7 Å². The molecule has 0 fully saturated rings. The maximum Gasteiger partial charge on any atom is 0.170 e. The zero-order valence-electron chi connectivity index (χ0n) is 8.85. The summed E-state index contributed by atoms with van der Waals surface area (Å²) in [7, 11) is 0. The van der Waals surface area contributed by atoms with Crippen molar-refractivity contribution >= 4 is 16.8 Å². The molecule has 0 aliphatic carbocycles. The van der Waals surface area contributed by atoms with Gasteiger partial charge in [-0.2, -0.15) is 0 Å². The number of halogens is 1. The molecule has 0 spiro atoms. The van der Waals surface area contributed by atoms with Crippen molar-refractivity contribution in [1.29, 1.82) is 0 Å². The summed E-state index contributed by atoms with van der Waals surface area (Å²) < 4.78 is 18.9. The Morgan fingerprint density at radius 1 is 1.18 bits per heavy atom. The number of aromatic nitrogens is 1. The minimum absolute atomic E-state index is 0.262. The number of anilines is 1. The molecule has 0 unspecified atom stereocenters. The number of rotatable bonds is 1. The molecule has 1 aromatic carbocycles. The molecule has 17 heavy (non-hydrogen) atoms. The molecule has 2 heterocycles. The summed E-state index contributed by atoms with van der Waals surface area (Å²) in [6.07, 6.45) is 1.59. The largest absolute Gasteiger partial charge is 0.453 e. The summed E-state index contributed by atoms with van der Waals surface area (Å²) in [6.45, 7) is 0. The van der Waals surface area contributed by atoms with Crippen LogP contribution in [0.25, 0.3) is 22.3 Å². The van der Waals surface area contributed by atoms with Crippen molar-refractivity contribution in [2.75, 3.05) is 5.73 Å². The van der Waals surface area contributed by atoms with Crippen LogP contribution in [0.1, 0.15) is 0 Å². The van der Waals surface area contributed by atoms with Crippen LogP contribution >= 0.6 is 0 Å². The highest BCUT2D eigenvalue weighted by Crippen LogP contribution is 2.29. The number of para-hydroxylation sites is 1. The van der Waals surface area contributed by atoms with Crippen LogP contribution in [-0.2, 0) is 0 Å². The first kappa shape index (κ1) is 9.84. The van der Waals surface area contributed by atoms with Crippen LogP contribution in [0.4, 0.5) is 10.2 Å². The van der Waals surface area contributed by atoms with Crippen molar-refractivity contribution in [2.24, 2.45) is 0 Å². The van der Waals surface area contributed by atoms with Crippen molar-refractivity contribution in [3.05, 3.63) is 48.4 Å². The van der Waals surface area contributed by atoms with E-state index in [4.69, 9.17) is 10.2 Å². The van der Waals surface area contributed by atoms with E-state index in [1.807, 2.05) is 0 Å². The quantitative estimate of drug-likeness (QED) is 0.695. The summed E-state index contributed by atoms with van der Waals surface area (Å²) in [4.78, 5) is 3.90. The molecule has 2 N–H and O–H groups in total. The molecule has 3 aromatic rings. The minimum atomic E-state index is -0.365. The predicted molar refractivity (Wildman–Crippen MR) is 63.8 cm³/mol. The van der Waals surface area contributed by atoms with Crippen molar-refractivity contribution in [3.63, 3.8) is 0 Å². The molecule has 0 amide bonds. The maximum absolute atomic E-state index is 13.5. The number of fused-ring (bicyclic) bond motifs is 1. The fourth-order valence-corrected chi connectivity index (χ4v) is 1.77. The molecule has 3 rings (SSSR count). The topological polar surface area (TPSA) is 52.0 Å². The minimum Gasteiger partial charge on any atom is -0.453 e. The molecule has 3 nitrogen and oxygen atoms in total. The van der Waals surface area contributed by atoms with E-state index in [1.54, 1.807) is 36.5 Å². The first-order chi connectivity index (χ1) is 8.24. The van der Waals surface area contributed by atoms with E-state index in [-0.39, 0.29) is 11.4 Å². The van der Waals surface area contributed by atoms with Crippen molar-refractivity contribution in [2.45, 2.75) is 0 Å². The molecule has 0 bridgehead atoms. The van der Waals surface area contributed by atoms with Gasteiger partial charge in [0.05, 0.1) is 0 Å². The first-order valence-corrected chi connectivity index (χ1v) is 5.14. The zero-order chi connectivity index (χ0) is 11.8. The predicted octanol–water partition coefficient (Wildman–Crippen LogP) is 3.22. The van der Waals surface area contributed by atoms with Gasteiger partial charge < -0.3 is 10.2 Å². The number of nitrogens with zero attached hydrogens (tertiary/aromatic N) is 1. The lowest BCUT2D eigenvalue weighted by molar-refractivity contribution is 0.569. The highest BCUT2D eigenvalue weighted by Gasteiger charge is 2.09. The second-order valence-electron chi connectivity index (χ2n) is 3.74. The van der Waals surface area contributed by atoms with Gasteiger partial charge in [0.25, 0.3) is 0 Å². The van der Waals surface area contributed by atoms with Crippen LogP contribution in [0.15, 0.2) is 47.0 Å². The SMILES string of the molecule is Nc1cc(-c2cc3cccc(F)c3o2)ccn1. The molecular weight excluding hydrogens is 219 g/mol. The van der Waals surface area contributed by atoms with Crippen molar-refractivity contribution < 1.29 is 8.81 Å². The van der Waals surface area contributed by atoms with Gasteiger partial charge in [-0.05, 0) is 24.3 Å². The van der Waals surface area contributed by atoms with Gasteiger partial charge in [-0.15, -0.1) is 0 Å². The van der Waals surface area contributed by atoms with E-state index in [0.717, 1.165) is 10.9 Å². The third kappa shape index (κ3) is 1.63. The molecule has 2 aromatic heterocycles. The van der Waals surface area contributed by atoms with Crippen molar-refractivity contribution in [3.8, 4) is 11.3 Å². The lowest BCUT2D eigenvalue weighted by Crippen LogP contribution is -1.88. The average Bonchev–Trinajstić information content (AvgIpc) is 2.74. The summed E-state index contributed by atoms with van der Waals surface area (Å²) in [5.74, 6) is 0.624. The summed E-state index contributed by atoms with van der Waals surface area (Å²) in [5, 5.41) is 0.732. The molecule has 0 aliphatic rings. The standard InChI is InChI=1S/C13H9FN2O/c14-10-3-1-2-9-6-11(17-13(9)10)8-4-5-16-12(15)7-8/h1-7H,(H2,15,16). The molecule has 0 radical (unpaired) electrons. The Balaban J connectivity index is 2.22. The van der Waals surface area contributed by atoms with Gasteiger partial charge in [0.1, 0.15) is 11.6 Å². The number of hydrogen-bond acceptors (Lipinski definition) is 3. The molecule has 84 valence electrons. The first-order valence-electron chi connectivity index (χ1n) is 5.14. The number of nitrogens with two attached hydrogens (primary N) is 1. The summed E-state index contributed by atoms with van der Waals surface area (Å²) in [5.41, 5.74) is 6.64. The van der Waals surface area contributed by atoms with Crippen LogP contribution in [0.3, 0.4) is 0 Å². The highest BCUT2D eigenvalue weighted by atomic mass is 19.1. The van der Waals surface area contributed by atoms with Crippen LogP contribution in [0.5, 0.6) is 0 Å². The molecule has 0 aliphatic heterocycles. The van der Waals surface area contributed by atoms with Gasteiger partial charge in [0.2, 0.25) is 0 Å². The van der Waals surface area contributed by atoms with Crippen LogP contribution in [-0.4, -0.2) is 4.98 Å². The van der Waals surface area contributed by atoms with E-state index < -0.39 is 0 Å². The Morgan fingerprint density at radius 2 is 2.06 bits per heavy atom. The third-order valence-corrected chi connectivity index (χ3v) is 2.56. The number of nitrogen functional groups attached to an aromatic ring is 1. The van der Waals surface area contributed by atoms with Gasteiger partial charge in [-0.1, -0.05) is 12.1 Å². The van der Waals surface area contributed by atoms with Gasteiger partial charge in [-0.25, -0.2) is 9.37 Å². The summed E-state index contributed by atoms with van der Waals surface area (Å²) in [6, 6.07) is 10.1. The Morgan fingerprint density at radius 3 is 2.82 bits per heavy atom. The smallest absolute Gasteiger partial charge is 0.170 e. The van der Waals surface area contributed by atoms with E-state index >= 15 is 0 Å². The highest BCUT2D eigenvalue weighted by molar-refractivity contribution is 5.83. The lowest BCUT2D eigenvalue weighted by Gasteiger charge is -1.96. The van der Waals surface area contributed by atoms with E-state index in [2.05, 4.69) is 4.98 Å². The summed E-state index contributed by atoms with van der Waals surface area (Å²) >= 11 is 0.